The van der Waals surface area contributed by atoms with Gasteiger partial charge in [-0.25, -0.2) is 4.98 Å². The van der Waals surface area contributed by atoms with Crippen LogP contribution in [0.15, 0.2) is 34.2 Å². The van der Waals surface area contributed by atoms with Crippen molar-refractivity contribution in [3.05, 3.63) is 50.5 Å². The van der Waals surface area contributed by atoms with Gasteiger partial charge in [-0.3, -0.25) is 14.9 Å². The fourth-order valence-electron chi connectivity index (χ4n) is 2.25. The molecule has 2 heterocycles. The molecule has 0 spiro atoms. The number of amidine groups is 1. The number of aromatic nitrogens is 1. The molecular formula is C17H16N4O4S2. The van der Waals surface area contributed by atoms with E-state index >= 15 is 0 Å². The highest BCUT2D eigenvalue weighted by Gasteiger charge is 2.31. The van der Waals surface area contributed by atoms with Crippen LogP contribution in [0.5, 0.6) is 5.75 Å². The summed E-state index contributed by atoms with van der Waals surface area (Å²) < 4.78 is 0. The Morgan fingerprint density at radius 3 is 2.52 bits per heavy atom. The predicted molar refractivity (Wildman–Crippen MR) is 106 cm³/mol. The number of carbonyl (C=O) groups excluding carboxylic acids is 1. The standard InChI is InChI=1S/C17H16N4O4S2/c1-17(2,3)12-14(21(24)25)27-15(18-12)20-16-19-13(23)11(26-16)8-9-4-6-10(22)7-5-9/h4-8,22H,1-3H3,(H,18,19,20,23)/b11-8-. The van der Waals surface area contributed by atoms with Gasteiger partial charge in [0, 0.05) is 5.41 Å². The Morgan fingerprint density at radius 2 is 1.96 bits per heavy atom. The molecular weight excluding hydrogens is 388 g/mol. The van der Waals surface area contributed by atoms with Crippen LogP contribution in [0, 0.1) is 10.1 Å². The average Bonchev–Trinajstić information content (AvgIpc) is 3.14. The van der Waals surface area contributed by atoms with Crippen molar-refractivity contribution in [1.29, 1.82) is 0 Å². The summed E-state index contributed by atoms with van der Waals surface area (Å²) in [5, 5.41) is 23.7. The summed E-state index contributed by atoms with van der Waals surface area (Å²) in [6.45, 7) is 5.53. The topological polar surface area (TPSA) is 118 Å². The minimum atomic E-state index is -0.493. The van der Waals surface area contributed by atoms with E-state index in [2.05, 4.69) is 15.3 Å². The van der Waals surface area contributed by atoms with Crippen LogP contribution in [-0.4, -0.2) is 26.1 Å². The van der Waals surface area contributed by atoms with Gasteiger partial charge in [-0.2, -0.15) is 4.99 Å². The zero-order valence-electron chi connectivity index (χ0n) is 14.7. The lowest BCUT2D eigenvalue weighted by atomic mass is 9.93. The molecule has 0 saturated carbocycles. The number of nitrogens with zero attached hydrogens (tertiary/aromatic N) is 3. The highest BCUT2D eigenvalue weighted by molar-refractivity contribution is 8.18. The highest BCUT2D eigenvalue weighted by Crippen LogP contribution is 2.39. The Hall–Kier alpha value is -2.72. The van der Waals surface area contributed by atoms with Crippen molar-refractivity contribution in [3.8, 4) is 5.75 Å². The number of phenolic OH excluding ortho intramolecular Hbond substituents is 1. The van der Waals surface area contributed by atoms with Crippen LogP contribution in [0.2, 0.25) is 0 Å². The van der Waals surface area contributed by atoms with Gasteiger partial charge < -0.3 is 10.4 Å². The Balaban J connectivity index is 1.88. The Bertz CT molecular complexity index is 972. The Labute approximate surface area is 163 Å². The second-order valence-electron chi connectivity index (χ2n) is 6.73. The number of phenols is 1. The molecule has 0 bridgehead atoms. The van der Waals surface area contributed by atoms with Gasteiger partial charge in [0.05, 0.1) is 9.83 Å². The van der Waals surface area contributed by atoms with Crippen LogP contribution in [0.1, 0.15) is 32.0 Å². The third-order valence-corrected chi connectivity index (χ3v) is 5.32. The summed E-state index contributed by atoms with van der Waals surface area (Å²) in [6.07, 6.45) is 1.67. The maximum atomic E-state index is 12.1. The number of aliphatic imine (C=N–C) groups is 1. The molecule has 1 aromatic carbocycles. The maximum Gasteiger partial charge on any atom is 0.349 e. The summed E-state index contributed by atoms with van der Waals surface area (Å²) in [4.78, 5) is 31.9. The molecule has 8 nitrogen and oxygen atoms in total. The molecule has 2 N–H and O–H groups in total. The number of benzene rings is 1. The third-order valence-electron chi connectivity index (χ3n) is 3.51. The second kappa shape index (κ2) is 7.12. The molecule has 0 radical (unpaired) electrons. The van der Waals surface area contributed by atoms with E-state index in [9.17, 15) is 20.0 Å². The lowest BCUT2D eigenvalue weighted by molar-refractivity contribution is -0.381. The van der Waals surface area contributed by atoms with Crippen molar-refractivity contribution in [2.45, 2.75) is 26.2 Å². The molecule has 1 fully saturated rings. The first-order valence-corrected chi connectivity index (χ1v) is 9.51. The van der Waals surface area contributed by atoms with Gasteiger partial charge in [0.1, 0.15) is 11.4 Å². The molecule has 0 unspecified atom stereocenters. The van der Waals surface area contributed by atoms with Crippen molar-refractivity contribution in [3.63, 3.8) is 0 Å². The first-order valence-electron chi connectivity index (χ1n) is 7.88. The van der Waals surface area contributed by atoms with E-state index in [0.29, 0.717) is 15.8 Å². The molecule has 1 amide bonds. The normalized spacial score (nSPS) is 17.5. The van der Waals surface area contributed by atoms with E-state index in [1.807, 2.05) is 20.8 Å². The molecule has 140 valence electrons. The second-order valence-corrected chi connectivity index (χ2v) is 8.72. The van der Waals surface area contributed by atoms with Crippen LogP contribution in [0.25, 0.3) is 6.08 Å². The first-order chi connectivity index (χ1) is 12.6. The minimum Gasteiger partial charge on any atom is -0.508 e. The van der Waals surface area contributed by atoms with E-state index < -0.39 is 10.3 Å². The van der Waals surface area contributed by atoms with E-state index in [1.165, 1.54) is 12.1 Å². The smallest absolute Gasteiger partial charge is 0.349 e. The summed E-state index contributed by atoms with van der Waals surface area (Å²) in [5.41, 5.74) is 0.630. The molecule has 27 heavy (non-hydrogen) atoms. The minimum absolute atomic E-state index is 0.0453. The fourth-order valence-corrected chi connectivity index (χ4v) is 4.10. The molecule has 1 aliphatic rings. The number of nitro groups is 1. The molecule has 0 aliphatic carbocycles. The van der Waals surface area contributed by atoms with Crippen LogP contribution >= 0.6 is 23.1 Å². The lowest BCUT2D eigenvalue weighted by Gasteiger charge is -2.13. The van der Waals surface area contributed by atoms with Crippen molar-refractivity contribution in [1.82, 2.24) is 10.3 Å². The fraction of sp³-hybridized carbons (Fsp3) is 0.235. The molecule has 1 aromatic heterocycles. The summed E-state index contributed by atoms with van der Waals surface area (Å²) in [5.74, 6) is -0.170. The van der Waals surface area contributed by atoms with E-state index in [1.54, 1.807) is 18.2 Å². The molecule has 0 atom stereocenters. The van der Waals surface area contributed by atoms with Gasteiger partial charge in [-0.15, -0.1) is 0 Å². The van der Waals surface area contributed by atoms with Gasteiger partial charge in [0.15, 0.2) is 5.17 Å². The summed E-state index contributed by atoms with van der Waals surface area (Å²) in [6, 6.07) is 6.43. The largest absolute Gasteiger partial charge is 0.508 e. The van der Waals surface area contributed by atoms with Crippen molar-refractivity contribution in [2.24, 2.45) is 4.99 Å². The molecule has 1 saturated heterocycles. The van der Waals surface area contributed by atoms with Gasteiger partial charge in [0.2, 0.25) is 5.13 Å². The number of thioether (sulfide) groups is 1. The molecule has 3 rings (SSSR count). The third kappa shape index (κ3) is 4.34. The van der Waals surface area contributed by atoms with Gasteiger partial charge >= 0.3 is 5.00 Å². The number of thiazole rings is 1. The number of hydrogen-bond donors (Lipinski definition) is 2. The van der Waals surface area contributed by atoms with Crippen molar-refractivity contribution in [2.75, 3.05) is 0 Å². The van der Waals surface area contributed by atoms with Crippen LogP contribution in [0.4, 0.5) is 10.1 Å². The number of hydrogen-bond acceptors (Lipinski definition) is 8. The Kier molecular flexibility index (Phi) is 5.03. The number of nitrogens with one attached hydrogen (secondary N) is 1. The lowest BCUT2D eigenvalue weighted by Crippen LogP contribution is -2.19. The van der Waals surface area contributed by atoms with Crippen LogP contribution in [0.3, 0.4) is 0 Å². The highest BCUT2D eigenvalue weighted by atomic mass is 32.2. The first kappa shape index (κ1) is 19.1. The van der Waals surface area contributed by atoms with Crippen molar-refractivity contribution < 1.29 is 14.8 Å². The van der Waals surface area contributed by atoms with Crippen LogP contribution in [-0.2, 0) is 10.2 Å². The number of aromatic hydroxyl groups is 1. The molecule has 10 heteroatoms. The van der Waals surface area contributed by atoms with E-state index in [4.69, 9.17) is 0 Å². The average molecular weight is 404 g/mol. The molecule has 2 aromatic rings. The molecule has 1 aliphatic heterocycles. The van der Waals surface area contributed by atoms with E-state index in [-0.39, 0.29) is 21.8 Å². The predicted octanol–water partition coefficient (Wildman–Crippen LogP) is 3.95. The monoisotopic (exact) mass is 404 g/mol. The number of rotatable bonds is 3. The van der Waals surface area contributed by atoms with Crippen LogP contribution < -0.4 is 5.32 Å². The SMILES string of the molecule is CC(C)(C)c1nc(/N=C2\NC(=O)/C(=C/c3ccc(O)cc3)S2)sc1[N+](=O)[O-]. The summed E-state index contributed by atoms with van der Waals surface area (Å²) >= 11 is 2.01. The van der Waals surface area contributed by atoms with Gasteiger partial charge in [-0.05, 0) is 46.9 Å². The Morgan fingerprint density at radius 1 is 1.30 bits per heavy atom. The van der Waals surface area contributed by atoms with Crippen molar-refractivity contribution >= 4 is 50.4 Å². The zero-order valence-corrected chi connectivity index (χ0v) is 16.3. The quantitative estimate of drug-likeness (QED) is 0.454. The maximum absolute atomic E-state index is 12.1. The van der Waals surface area contributed by atoms with Gasteiger partial charge in [0.25, 0.3) is 5.91 Å². The number of amides is 1. The zero-order chi connectivity index (χ0) is 19.8. The van der Waals surface area contributed by atoms with Gasteiger partial charge in [-0.1, -0.05) is 32.9 Å². The summed E-state index contributed by atoms with van der Waals surface area (Å²) in [7, 11) is 0. The number of carbonyl (C=O) groups is 1. The van der Waals surface area contributed by atoms with E-state index in [0.717, 1.165) is 28.7 Å².